The Bertz CT molecular complexity index is 777. The van der Waals surface area contributed by atoms with Gasteiger partial charge in [-0.25, -0.2) is 4.79 Å². The normalized spacial score (nSPS) is 16.8. The molecule has 0 spiro atoms. The van der Waals surface area contributed by atoms with E-state index in [9.17, 15) is 9.59 Å². The molecule has 2 aromatic carbocycles. The van der Waals surface area contributed by atoms with Crippen molar-refractivity contribution in [2.75, 3.05) is 20.1 Å². The number of hydrogen-bond acceptors (Lipinski definition) is 4. The van der Waals surface area contributed by atoms with Crippen LogP contribution in [0.2, 0.25) is 0 Å². The Kier molecular flexibility index (Phi) is 5.52. The molecule has 1 aliphatic rings. The van der Waals surface area contributed by atoms with Crippen molar-refractivity contribution < 1.29 is 14.3 Å². The van der Waals surface area contributed by atoms with Crippen LogP contribution in [0.25, 0.3) is 0 Å². The molecule has 26 heavy (non-hydrogen) atoms. The second kappa shape index (κ2) is 7.83. The standard InChI is InChI=1S/C22H25NO3/c1-3-20(24)22(12-14-23(2)15-13-22)18-10-7-11-19(16-18)26-21(25)17-8-5-4-6-9-17/h4-11,16H,3,12-15H2,1-2H3. The number of Topliss-reactive ketones (excluding diaryl/α,β-unsaturated/α-hetero) is 1. The molecule has 0 aromatic heterocycles. The lowest BCUT2D eigenvalue weighted by atomic mass is 9.69. The highest BCUT2D eigenvalue weighted by atomic mass is 16.5. The summed E-state index contributed by atoms with van der Waals surface area (Å²) < 4.78 is 5.55. The Morgan fingerprint density at radius 2 is 1.73 bits per heavy atom. The molecule has 0 bridgehead atoms. The van der Waals surface area contributed by atoms with Crippen molar-refractivity contribution in [3.05, 3.63) is 65.7 Å². The number of likely N-dealkylation sites (tertiary alicyclic amines) is 1. The minimum Gasteiger partial charge on any atom is -0.423 e. The first-order valence-corrected chi connectivity index (χ1v) is 9.15. The Morgan fingerprint density at radius 3 is 2.38 bits per heavy atom. The molecule has 0 atom stereocenters. The van der Waals surface area contributed by atoms with E-state index >= 15 is 0 Å². The largest absolute Gasteiger partial charge is 0.423 e. The molecular formula is C22H25NO3. The van der Waals surface area contributed by atoms with E-state index < -0.39 is 5.41 Å². The number of ether oxygens (including phenoxy) is 1. The summed E-state index contributed by atoms with van der Waals surface area (Å²) in [5.74, 6) is 0.359. The topological polar surface area (TPSA) is 46.6 Å². The fraction of sp³-hybridized carbons (Fsp3) is 0.364. The van der Waals surface area contributed by atoms with Crippen LogP contribution in [0.1, 0.15) is 42.1 Å². The Labute approximate surface area is 154 Å². The molecule has 1 aliphatic heterocycles. The van der Waals surface area contributed by atoms with E-state index in [1.54, 1.807) is 30.3 Å². The van der Waals surface area contributed by atoms with Crippen LogP contribution in [0.5, 0.6) is 5.75 Å². The van der Waals surface area contributed by atoms with Gasteiger partial charge in [0.15, 0.2) is 0 Å². The molecule has 4 heteroatoms. The highest BCUT2D eigenvalue weighted by molar-refractivity contribution is 5.92. The highest BCUT2D eigenvalue weighted by Gasteiger charge is 2.41. The zero-order chi connectivity index (χ0) is 18.6. The number of esters is 1. The van der Waals surface area contributed by atoms with Crippen LogP contribution in [0.4, 0.5) is 0 Å². The maximum absolute atomic E-state index is 12.8. The molecule has 1 saturated heterocycles. The first-order chi connectivity index (χ1) is 12.5. The molecule has 136 valence electrons. The molecule has 0 unspecified atom stereocenters. The summed E-state index contributed by atoms with van der Waals surface area (Å²) in [6.45, 7) is 3.70. The van der Waals surface area contributed by atoms with Gasteiger partial charge in [-0.1, -0.05) is 37.3 Å². The number of nitrogens with zero attached hydrogens (tertiary/aromatic N) is 1. The number of hydrogen-bond donors (Lipinski definition) is 0. The SMILES string of the molecule is CCC(=O)C1(c2cccc(OC(=O)c3ccccc3)c2)CCN(C)CC1. The second-order valence-electron chi connectivity index (χ2n) is 6.95. The predicted octanol–water partition coefficient (Wildman–Crippen LogP) is 3.85. The van der Waals surface area contributed by atoms with Gasteiger partial charge in [0.1, 0.15) is 11.5 Å². The Hall–Kier alpha value is -2.46. The molecule has 0 N–H and O–H groups in total. The van der Waals surface area contributed by atoms with Crippen molar-refractivity contribution in [3.63, 3.8) is 0 Å². The zero-order valence-electron chi connectivity index (χ0n) is 15.4. The van der Waals surface area contributed by atoms with E-state index in [0.717, 1.165) is 31.5 Å². The minimum atomic E-state index is -0.476. The number of carbonyl (C=O) groups excluding carboxylic acids is 2. The second-order valence-corrected chi connectivity index (χ2v) is 6.95. The first-order valence-electron chi connectivity index (χ1n) is 9.15. The third kappa shape index (κ3) is 3.70. The summed E-state index contributed by atoms with van der Waals surface area (Å²) in [4.78, 5) is 27.4. The molecule has 0 amide bonds. The van der Waals surface area contributed by atoms with Crippen molar-refractivity contribution in [2.24, 2.45) is 0 Å². The highest BCUT2D eigenvalue weighted by Crippen LogP contribution is 2.38. The molecule has 0 radical (unpaired) electrons. The van der Waals surface area contributed by atoms with Gasteiger partial charge in [0.2, 0.25) is 0 Å². The number of rotatable bonds is 5. The molecule has 0 saturated carbocycles. The summed E-state index contributed by atoms with van der Waals surface area (Å²) in [6, 6.07) is 16.4. The van der Waals surface area contributed by atoms with Crippen LogP contribution < -0.4 is 4.74 Å². The molecule has 3 rings (SSSR count). The van der Waals surface area contributed by atoms with Crippen LogP contribution in [0, 0.1) is 0 Å². The fourth-order valence-corrected chi connectivity index (χ4v) is 3.66. The number of piperidine rings is 1. The van der Waals surface area contributed by atoms with Gasteiger partial charge in [-0.3, -0.25) is 4.79 Å². The lowest BCUT2D eigenvalue weighted by molar-refractivity contribution is -0.126. The third-order valence-corrected chi connectivity index (χ3v) is 5.30. The fourth-order valence-electron chi connectivity index (χ4n) is 3.66. The first kappa shape index (κ1) is 18.3. The van der Waals surface area contributed by atoms with Crippen LogP contribution in [-0.2, 0) is 10.2 Å². The zero-order valence-corrected chi connectivity index (χ0v) is 15.4. The maximum Gasteiger partial charge on any atom is 0.343 e. The van der Waals surface area contributed by atoms with Crippen molar-refractivity contribution in [2.45, 2.75) is 31.6 Å². The number of carbonyl (C=O) groups is 2. The van der Waals surface area contributed by atoms with Gasteiger partial charge in [-0.15, -0.1) is 0 Å². The van der Waals surface area contributed by atoms with E-state index in [1.165, 1.54) is 0 Å². The molecule has 1 heterocycles. The molecule has 1 fully saturated rings. The van der Waals surface area contributed by atoms with Crippen molar-refractivity contribution in [1.82, 2.24) is 4.90 Å². The summed E-state index contributed by atoms with van der Waals surface area (Å²) in [5, 5.41) is 0. The molecule has 0 aliphatic carbocycles. The van der Waals surface area contributed by atoms with Crippen LogP contribution in [-0.4, -0.2) is 36.8 Å². The van der Waals surface area contributed by atoms with Gasteiger partial charge in [-0.05, 0) is 62.8 Å². The Morgan fingerprint density at radius 1 is 1.04 bits per heavy atom. The predicted molar refractivity (Wildman–Crippen MR) is 102 cm³/mol. The summed E-state index contributed by atoms with van der Waals surface area (Å²) in [5.41, 5.74) is 0.989. The summed E-state index contributed by atoms with van der Waals surface area (Å²) in [6.07, 6.45) is 2.11. The lowest BCUT2D eigenvalue weighted by Crippen LogP contribution is -2.46. The number of ketones is 1. The van der Waals surface area contributed by atoms with Gasteiger partial charge < -0.3 is 9.64 Å². The molecule has 4 nitrogen and oxygen atoms in total. The van der Waals surface area contributed by atoms with Crippen LogP contribution in [0.15, 0.2) is 54.6 Å². The third-order valence-electron chi connectivity index (χ3n) is 5.30. The Balaban J connectivity index is 1.87. The van der Waals surface area contributed by atoms with Gasteiger partial charge in [0, 0.05) is 6.42 Å². The van der Waals surface area contributed by atoms with Crippen molar-refractivity contribution in [1.29, 1.82) is 0 Å². The van der Waals surface area contributed by atoms with Crippen molar-refractivity contribution in [3.8, 4) is 5.75 Å². The summed E-state index contributed by atoms with van der Waals surface area (Å²) in [7, 11) is 2.08. The van der Waals surface area contributed by atoms with Gasteiger partial charge in [0.25, 0.3) is 0 Å². The minimum absolute atomic E-state index is 0.261. The monoisotopic (exact) mass is 351 g/mol. The van der Waals surface area contributed by atoms with E-state index in [-0.39, 0.29) is 11.8 Å². The van der Waals surface area contributed by atoms with E-state index in [2.05, 4.69) is 11.9 Å². The lowest BCUT2D eigenvalue weighted by Gasteiger charge is -2.40. The van der Waals surface area contributed by atoms with E-state index in [0.29, 0.717) is 17.7 Å². The quantitative estimate of drug-likeness (QED) is 0.606. The van der Waals surface area contributed by atoms with Gasteiger partial charge in [0.05, 0.1) is 11.0 Å². The summed E-state index contributed by atoms with van der Waals surface area (Å²) >= 11 is 0. The molecule has 2 aromatic rings. The van der Waals surface area contributed by atoms with Gasteiger partial charge in [-0.2, -0.15) is 0 Å². The van der Waals surface area contributed by atoms with E-state index in [1.807, 2.05) is 31.2 Å². The maximum atomic E-state index is 12.8. The molecular weight excluding hydrogens is 326 g/mol. The van der Waals surface area contributed by atoms with Gasteiger partial charge >= 0.3 is 5.97 Å². The van der Waals surface area contributed by atoms with Crippen molar-refractivity contribution >= 4 is 11.8 Å². The average Bonchev–Trinajstić information content (AvgIpc) is 2.69. The van der Waals surface area contributed by atoms with Crippen LogP contribution in [0.3, 0.4) is 0 Å². The number of benzene rings is 2. The van der Waals surface area contributed by atoms with E-state index in [4.69, 9.17) is 4.74 Å². The average molecular weight is 351 g/mol. The smallest absolute Gasteiger partial charge is 0.343 e. The van der Waals surface area contributed by atoms with Crippen LogP contribution >= 0.6 is 0 Å².